The van der Waals surface area contributed by atoms with Crippen LogP contribution in [0.15, 0.2) is 60.8 Å². The molecule has 0 unspecified atom stereocenters. The number of benzene rings is 2. The van der Waals surface area contributed by atoms with Gasteiger partial charge in [-0.1, -0.05) is 89.7 Å². The minimum absolute atomic E-state index is 0. The maximum Gasteiger partial charge on any atom is 0.410 e. The van der Waals surface area contributed by atoms with Crippen LogP contribution in [0.25, 0.3) is 11.4 Å². The minimum Gasteiger partial charge on any atom is -0.444 e. The number of hydrogen-bond donors (Lipinski definition) is 0. The topological polar surface area (TPSA) is 55.3 Å². The Morgan fingerprint density at radius 2 is 1.58 bits per heavy atom. The Morgan fingerprint density at radius 1 is 0.974 bits per heavy atom. The van der Waals surface area contributed by atoms with E-state index < -0.39 is 11.5 Å². The number of halogens is 2. The summed E-state index contributed by atoms with van der Waals surface area (Å²) in [7, 11) is 0. The third-order valence-corrected chi connectivity index (χ3v) is 5.42. The van der Waals surface area contributed by atoms with Crippen molar-refractivity contribution < 1.29 is 18.3 Å². The first-order valence-electron chi connectivity index (χ1n) is 13.0. The number of nitrogens with zero attached hydrogens (tertiary/aromatic N) is 3. The predicted octanol–water partition coefficient (Wildman–Crippen LogP) is 8.46. The molecule has 0 radical (unpaired) electrons. The van der Waals surface area contributed by atoms with Gasteiger partial charge in [0.15, 0.2) is 5.82 Å². The molecule has 1 aromatic heterocycles. The highest BCUT2D eigenvalue weighted by atomic mass is 19.3. The molecule has 1 aliphatic heterocycles. The summed E-state index contributed by atoms with van der Waals surface area (Å²) in [6.45, 7) is 14.4. The summed E-state index contributed by atoms with van der Waals surface area (Å²) in [6.07, 6.45) is 1.57. The van der Waals surface area contributed by atoms with Crippen molar-refractivity contribution in [1.29, 1.82) is 0 Å². The number of ether oxygens (including phenoxy) is 1. The van der Waals surface area contributed by atoms with Crippen LogP contribution in [0.3, 0.4) is 0 Å². The molecule has 0 N–H and O–H groups in total. The van der Waals surface area contributed by atoms with Crippen molar-refractivity contribution in [3.8, 4) is 11.4 Å². The SMILES string of the molecule is C.CC.CC.CC(C)(C)OC(=O)N1CCc2nc(-c3ccc(C(F)(F)Cc4ccccc4)cc3)ncc2C1. The zero-order chi connectivity index (χ0) is 27.6. The minimum atomic E-state index is -2.97. The first-order valence-corrected chi connectivity index (χ1v) is 13.0. The van der Waals surface area contributed by atoms with E-state index in [9.17, 15) is 13.6 Å². The number of alkyl halides is 2. The van der Waals surface area contributed by atoms with Gasteiger partial charge in [0.05, 0.1) is 12.2 Å². The predicted molar refractivity (Wildman–Crippen MR) is 151 cm³/mol. The highest BCUT2D eigenvalue weighted by Gasteiger charge is 2.32. The summed E-state index contributed by atoms with van der Waals surface area (Å²) in [5.74, 6) is -2.49. The van der Waals surface area contributed by atoms with E-state index in [1.807, 2.05) is 54.5 Å². The van der Waals surface area contributed by atoms with E-state index in [0.717, 1.165) is 11.3 Å². The van der Waals surface area contributed by atoms with Gasteiger partial charge in [0.1, 0.15) is 5.60 Å². The molecule has 0 saturated heterocycles. The number of amides is 1. The zero-order valence-corrected chi connectivity index (χ0v) is 23.0. The van der Waals surface area contributed by atoms with Gasteiger partial charge < -0.3 is 9.64 Å². The molecule has 1 amide bonds. The van der Waals surface area contributed by atoms with Crippen molar-refractivity contribution >= 4 is 6.09 Å². The zero-order valence-electron chi connectivity index (χ0n) is 23.0. The Hall–Kier alpha value is -3.35. The Morgan fingerprint density at radius 3 is 2.16 bits per heavy atom. The first-order chi connectivity index (χ1) is 17.6. The molecule has 38 heavy (non-hydrogen) atoms. The van der Waals surface area contributed by atoms with E-state index in [0.29, 0.717) is 36.5 Å². The largest absolute Gasteiger partial charge is 0.444 e. The Bertz CT molecular complexity index is 1130. The van der Waals surface area contributed by atoms with Crippen LogP contribution in [0, 0.1) is 0 Å². The lowest BCUT2D eigenvalue weighted by molar-refractivity contribution is -0.00383. The maximum atomic E-state index is 14.7. The molecular weight excluding hydrogens is 484 g/mol. The van der Waals surface area contributed by atoms with E-state index in [4.69, 9.17) is 4.74 Å². The lowest BCUT2D eigenvalue weighted by Gasteiger charge is -2.30. The number of carbonyl (C=O) groups excluding carboxylic acids is 1. The second-order valence-electron chi connectivity index (χ2n) is 9.26. The van der Waals surface area contributed by atoms with Crippen molar-refractivity contribution in [2.75, 3.05) is 6.54 Å². The molecule has 0 aliphatic carbocycles. The van der Waals surface area contributed by atoms with Crippen LogP contribution in [0.2, 0.25) is 0 Å². The molecule has 0 atom stereocenters. The van der Waals surface area contributed by atoms with Crippen LogP contribution in [-0.2, 0) is 30.0 Å². The average molecular weight is 528 g/mol. The van der Waals surface area contributed by atoms with Gasteiger partial charge in [-0.25, -0.2) is 23.5 Å². The van der Waals surface area contributed by atoms with Crippen LogP contribution in [0.5, 0.6) is 0 Å². The Labute approximate surface area is 227 Å². The smallest absolute Gasteiger partial charge is 0.410 e. The number of aromatic nitrogens is 2. The summed E-state index contributed by atoms with van der Waals surface area (Å²) in [6, 6.07) is 14.9. The molecule has 208 valence electrons. The van der Waals surface area contributed by atoms with Crippen LogP contribution < -0.4 is 0 Å². The second-order valence-corrected chi connectivity index (χ2v) is 9.26. The van der Waals surface area contributed by atoms with Crippen LogP contribution >= 0.6 is 0 Å². The summed E-state index contributed by atoms with van der Waals surface area (Å²) >= 11 is 0. The van der Waals surface area contributed by atoms with E-state index in [2.05, 4.69) is 9.97 Å². The first kappa shape index (κ1) is 32.7. The second kappa shape index (κ2) is 14.6. The molecule has 2 heterocycles. The van der Waals surface area contributed by atoms with Crippen molar-refractivity contribution in [1.82, 2.24) is 14.9 Å². The van der Waals surface area contributed by atoms with Crippen molar-refractivity contribution in [3.63, 3.8) is 0 Å². The Balaban J connectivity index is 0.00000138. The quantitative estimate of drug-likeness (QED) is 0.341. The van der Waals surface area contributed by atoms with E-state index in [1.165, 1.54) is 12.1 Å². The van der Waals surface area contributed by atoms with Gasteiger partial charge >= 0.3 is 6.09 Å². The molecule has 0 spiro atoms. The number of fused-ring (bicyclic) bond motifs is 1. The molecular formula is C31H43F2N3O2. The molecule has 1 aliphatic rings. The molecule has 7 heteroatoms. The number of rotatable bonds is 4. The van der Waals surface area contributed by atoms with Gasteiger partial charge in [0, 0.05) is 42.3 Å². The summed E-state index contributed by atoms with van der Waals surface area (Å²) in [5, 5.41) is 0. The third-order valence-electron chi connectivity index (χ3n) is 5.42. The number of hydrogen-bond acceptors (Lipinski definition) is 4. The summed E-state index contributed by atoms with van der Waals surface area (Å²) in [5.41, 5.74) is 2.39. The molecule has 3 aromatic rings. The monoisotopic (exact) mass is 527 g/mol. The van der Waals surface area contributed by atoms with Gasteiger partial charge in [-0.05, 0) is 26.3 Å². The molecule has 2 aromatic carbocycles. The van der Waals surface area contributed by atoms with E-state index in [-0.39, 0.29) is 25.5 Å². The van der Waals surface area contributed by atoms with Gasteiger partial charge in [0.2, 0.25) is 0 Å². The molecule has 0 fully saturated rings. The fourth-order valence-corrected chi connectivity index (χ4v) is 3.75. The average Bonchev–Trinajstić information content (AvgIpc) is 2.90. The highest BCUT2D eigenvalue weighted by Crippen LogP contribution is 2.33. The molecule has 5 nitrogen and oxygen atoms in total. The Kier molecular flexibility index (Phi) is 12.5. The van der Waals surface area contributed by atoms with Crippen molar-refractivity contribution in [2.45, 2.75) is 86.8 Å². The van der Waals surface area contributed by atoms with Gasteiger partial charge in [-0.15, -0.1) is 0 Å². The van der Waals surface area contributed by atoms with Crippen LogP contribution in [0.4, 0.5) is 13.6 Å². The standard InChI is InChI=1S/C26H27F2N3O2.2C2H6.CH4/c1-25(2,3)33-24(32)31-14-13-22-20(17-31)16-29-23(30-22)19-9-11-21(12-10-19)26(27,28)15-18-7-5-4-6-8-18;2*1-2;/h4-12,16H,13-15,17H2,1-3H3;2*1-2H3;1H4. The molecule has 0 bridgehead atoms. The van der Waals surface area contributed by atoms with Crippen LogP contribution in [0.1, 0.15) is 78.3 Å². The van der Waals surface area contributed by atoms with Gasteiger partial charge in [0.25, 0.3) is 5.92 Å². The van der Waals surface area contributed by atoms with Crippen LogP contribution in [-0.4, -0.2) is 33.1 Å². The number of carbonyl (C=O) groups is 1. The fraction of sp³-hybridized carbons (Fsp3) is 0.452. The maximum absolute atomic E-state index is 14.7. The molecule has 4 rings (SSSR count). The summed E-state index contributed by atoms with van der Waals surface area (Å²) in [4.78, 5) is 23.0. The van der Waals surface area contributed by atoms with E-state index >= 15 is 0 Å². The normalized spacial score (nSPS) is 12.5. The van der Waals surface area contributed by atoms with E-state index in [1.54, 1.807) is 47.5 Å². The lowest BCUT2D eigenvalue weighted by Crippen LogP contribution is -2.40. The fourth-order valence-electron chi connectivity index (χ4n) is 3.75. The van der Waals surface area contributed by atoms with Gasteiger partial charge in [-0.2, -0.15) is 0 Å². The van der Waals surface area contributed by atoms with Gasteiger partial charge in [-0.3, -0.25) is 0 Å². The molecule has 0 saturated carbocycles. The van der Waals surface area contributed by atoms with Crippen molar-refractivity contribution in [3.05, 3.63) is 83.2 Å². The summed E-state index contributed by atoms with van der Waals surface area (Å²) < 4.78 is 34.9. The highest BCUT2D eigenvalue weighted by molar-refractivity contribution is 5.68. The third kappa shape index (κ3) is 8.89. The van der Waals surface area contributed by atoms with Crippen molar-refractivity contribution in [2.24, 2.45) is 0 Å². The lowest BCUT2D eigenvalue weighted by atomic mass is 9.99.